The highest BCUT2D eigenvalue weighted by atomic mass is 32.2. The molecule has 0 saturated heterocycles. The molecule has 16 heavy (non-hydrogen) atoms. The number of benzene rings is 1. The monoisotopic (exact) mass is 234 g/mol. The van der Waals surface area contributed by atoms with Crippen LogP contribution in [0.5, 0.6) is 0 Å². The van der Waals surface area contributed by atoms with Crippen molar-refractivity contribution >= 4 is 11.8 Å². The Morgan fingerprint density at radius 2 is 1.94 bits per heavy atom. The summed E-state index contributed by atoms with van der Waals surface area (Å²) in [6.45, 7) is 4.36. The highest BCUT2D eigenvalue weighted by Crippen LogP contribution is 2.25. The minimum Gasteiger partial charge on any atom is -0.324 e. The maximum Gasteiger partial charge on any atom is 0.0622 e. The summed E-state index contributed by atoms with van der Waals surface area (Å²) < 4.78 is 0. The molecule has 1 aromatic rings. The van der Waals surface area contributed by atoms with E-state index in [0.29, 0.717) is 11.7 Å². The largest absolute Gasteiger partial charge is 0.324 e. The van der Waals surface area contributed by atoms with Gasteiger partial charge in [0.05, 0.1) is 6.07 Å². The lowest BCUT2D eigenvalue weighted by molar-refractivity contribution is 0.664. The molecule has 0 saturated carbocycles. The fourth-order valence-corrected chi connectivity index (χ4v) is 2.29. The van der Waals surface area contributed by atoms with Gasteiger partial charge in [0.2, 0.25) is 0 Å². The maximum absolute atomic E-state index is 8.50. The molecule has 3 heteroatoms. The molecule has 0 aliphatic rings. The summed E-state index contributed by atoms with van der Waals surface area (Å²) in [6.07, 6.45) is 1.25. The molecule has 0 fully saturated rings. The van der Waals surface area contributed by atoms with Crippen LogP contribution in [0.25, 0.3) is 0 Å². The molecule has 0 aromatic heterocycles. The lowest BCUT2D eigenvalue weighted by Crippen LogP contribution is -2.09. The summed E-state index contributed by atoms with van der Waals surface area (Å²) in [5.41, 5.74) is 7.09. The Hall–Kier alpha value is -0.980. The molecule has 0 spiro atoms. The highest BCUT2D eigenvalue weighted by molar-refractivity contribution is 7.99. The van der Waals surface area contributed by atoms with E-state index < -0.39 is 0 Å². The summed E-state index contributed by atoms with van der Waals surface area (Å²) in [4.78, 5) is 1.27. The van der Waals surface area contributed by atoms with E-state index in [-0.39, 0.29) is 6.04 Å². The van der Waals surface area contributed by atoms with E-state index in [1.807, 2.05) is 11.8 Å². The number of rotatable bonds is 5. The quantitative estimate of drug-likeness (QED) is 0.793. The minimum absolute atomic E-state index is 0.0160. The van der Waals surface area contributed by atoms with Gasteiger partial charge in [-0.15, -0.1) is 11.8 Å². The first kappa shape index (κ1) is 13.1. The van der Waals surface area contributed by atoms with Crippen molar-refractivity contribution in [3.8, 4) is 6.07 Å². The fourth-order valence-electron chi connectivity index (χ4n) is 1.45. The predicted molar refractivity (Wildman–Crippen MR) is 69.2 cm³/mol. The molecule has 1 aromatic carbocycles. The van der Waals surface area contributed by atoms with Crippen LogP contribution in [0.4, 0.5) is 0 Å². The summed E-state index contributed by atoms with van der Waals surface area (Å²) in [6, 6.07) is 10.4. The first-order valence-corrected chi connectivity index (χ1v) is 6.40. The van der Waals surface area contributed by atoms with Crippen molar-refractivity contribution in [2.75, 3.05) is 0 Å². The molecule has 0 radical (unpaired) electrons. The average molecular weight is 234 g/mol. The van der Waals surface area contributed by atoms with Gasteiger partial charge in [-0.3, -0.25) is 0 Å². The maximum atomic E-state index is 8.50. The van der Waals surface area contributed by atoms with Crippen LogP contribution < -0.4 is 5.73 Å². The van der Waals surface area contributed by atoms with Gasteiger partial charge in [-0.2, -0.15) is 5.26 Å². The van der Waals surface area contributed by atoms with Crippen LogP contribution >= 0.6 is 11.8 Å². The molecule has 0 heterocycles. The van der Waals surface area contributed by atoms with Crippen LogP contribution in [-0.2, 0) is 0 Å². The lowest BCUT2D eigenvalue weighted by Gasteiger charge is -2.11. The van der Waals surface area contributed by atoms with Crippen molar-refractivity contribution in [3.63, 3.8) is 0 Å². The molecule has 0 amide bonds. The normalized spacial score (nSPS) is 12.4. The third-order valence-corrected chi connectivity index (χ3v) is 3.26. The molecule has 2 N–H and O–H groups in total. The molecule has 0 aliphatic carbocycles. The fraction of sp³-hybridized carbons (Fsp3) is 0.462. The van der Waals surface area contributed by atoms with Gasteiger partial charge in [0.15, 0.2) is 0 Å². The minimum atomic E-state index is -0.0160. The number of nitriles is 1. The first-order valence-electron chi connectivity index (χ1n) is 5.52. The Bertz CT molecular complexity index is 351. The van der Waals surface area contributed by atoms with Crippen molar-refractivity contribution in [1.82, 2.24) is 0 Å². The van der Waals surface area contributed by atoms with Crippen molar-refractivity contribution in [3.05, 3.63) is 29.8 Å². The van der Waals surface area contributed by atoms with Crippen molar-refractivity contribution < 1.29 is 0 Å². The topological polar surface area (TPSA) is 49.8 Å². The summed E-state index contributed by atoms with van der Waals surface area (Å²) >= 11 is 1.84. The van der Waals surface area contributed by atoms with E-state index >= 15 is 0 Å². The third-order valence-electron chi connectivity index (χ3n) is 2.25. The second-order valence-electron chi connectivity index (χ2n) is 4.04. The zero-order valence-corrected chi connectivity index (χ0v) is 10.6. The van der Waals surface area contributed by atoms with E-state index in [4.69, 9.17) is 11.0 Å². The molecule has 1 rings (SSSR count). The smallest absolute Gasteiger partial charge is 0.0622 e. The van der Waals surface area contributed by atoms with E-state index in [1.54, 1.807) is 0 Å². The number of hydrogen-bond acceptors (Lipinski definition) is 3. The zero-order chi connectivity index (χ0) is 12.0. The van der Waals surface area contributed by atoms with Crippen LogP contribution in [0.2, 0.25) is 0 Å². The van der Waals surface area contributed by atoms with Crippen molar-refractivity contribution in [1.29, 1.82) is 5.26 Å². The van der Waals surface area contributed by atoms with Gasteiger partial charge in [0.25, 0.3) is 0 Å². The Morgan fingerprint density at radius 3 is 2.44 bits per heavy atom. The molecular formula is C13H18N2S. The molecule has 1 atom stereocenters. The van der Waals surface area contributed by atoms with Crippen molar-refractivity contribution in [2.45, 2.75) is 42.9 Å². The second kappa shape index (κ2) is 6.57. The zero-order valence-electron chi connectivity index (χ0n) is 9.81. The molecule has 1 unspecified atom stereocenters. The predicted octanol–water partition coefficient (Wildman–Crippen LogP) is 3.49. The first-order chi connectivity index (χ1) is 7.63. The average Bonchev–Trinajstić information content (AvgIpc) is 2.26. The number of hydrogen-bond donors (Lipinski definition) is 1. The van der Waals surface area contributed by atoms with Crippen LogP contribution in [0.15, 0.2) is 29.2 Å². The molecule has 0 aliphatic heterocycles. The highest BCUT2D eigenvalue weighted by Gasteiger charge is 2.05. The molecule has 86 valence electrons. The van der Waals surface area contributed by atoms with Crippen LogP contribution in [-0.4, -0.2) is 5.25 Å². The third kappa shape index (κ3) is 4.26. The van der Waals surface area contributed by atoms with Gasteiger partial charge in [0.1, 0.15) is 0 Å². The number of nitrogens with zero attached hydrogens (tertiary/aromatic N) is 1. The second-order valence-corrected chi connectivity index (χ2v) is 5.69. The Morgan fingerprint density at radius 1 is 1.31 bits per heavy atom. The summed E-state index contributed by atoms with van der Waals surface area (Å²) in [5, 5.41) is 9.09. The van der Waals surface area contributed by atoms with Gasteiger partial charge in [-0.1, -0.05) is 26.0 Å². The van der Waals surface area contributed by atoms with Crippen LogP contribution in [0, 0.1) is 11.3 Å². The van der Waals surface area contributed by atoms with E-state index in [0.717, 1.165) is 12.0 Å². The summed E-state index contributed by atoms with van der Waals surface area (Å²) in [7, 11) is 0. The van der Waals surface area contributed by atoms with Gasteiger partial charge in [-0.25, -0.2) is 0 Å². The van der Waals surface area contributed by atoms with E-state index in [9.17, 15) is 0 Å². The van der Waals surface area contributed by atoms with Gasteiger partial charge in [-0.05, 0) is 24.1 Å². The van der Waals surface area contributed by atoms with Gasteiger partial charge >= 0.3 is 0 Å². The van der Waals surface area contributed by atoms with E-state index in [2.05, 4.69) is 44.2 Å². The summed E-state index contributed by atoms with van der Waals surface area (Å²) in [5.74, 6) is 0. The van der Waals surface area contributed by atoms with Gasteiger partial charge in [0, 0.05) is 22.6 Å². The number of thioether (sulfide) groups is 1. The van der Waals surface area contributed by atoms with Crippen LogP contribution in [0.3, 0.4) is 0 Å². The Kier molecular flexibility index (Phi) is 5.37. The Labute approximate surface area is 102 Å². The van der Waals surface area contributed by atoms with E-state index in [1.165, 1.54) is 4.90 Å². The lowest BCUT2D eigenvalue weighted by atomic mass is 10.0. The SMILES string of the molecule is CC(C)Sc1ccc(C(N)CCC#N)cc1. The molecule has 0 bridgehead atoms. The standard InChI is InChI=1S/C13H18N2S/c1-10(2)16-12-7-5-11(6-8-12)13(15)4-3-9-14/h5-8,10,13H,3-4,15H2,1-2H3. The molecule has 2 nitrogen and oxygen atoms in total. The van der Waals surface area contributed by atoms with Crippen LogP contribution in [0.1, 0.15) is 38.3 Å². The van der Waals surface area contributed by atoms with Crippen molar-refractivity contribution in [2.24, 2.45) is 5.73 Å². The Balaban J connectivity index is 2.60. The number of nitrogens with two attached hydrogens (primary N) is 1. The van der Waals surface area contributed by atoms with Gasteiger partial charge < -0.3 is 5.73 Å². The molecular weight excluding hydrogens is 216 g/mol.